The van der Waals surface area contributed by atoms with Gasteiger partial charge in [0.15, 0.2) is 5.96 Å². The van der Waals surface area contributed by atoms with Gasteiger partial charge in [0, 0.05) is 6.42 Å². The molecule has 0 aliphatic rings. The van der Waals surface area contributed by atoms with E-state index in [1.165, 1.54) is 12.1 Å². The topological polar surface area (TPSA) is 204 Å². The number of carboxylic acid groups (broad SMARTS) is 2. The number of carbonyl (C=O) groups is 4. The first-order valence-electron chi connectivity index (χ1n) is 9.52. The van der Waals surface area contributed by atoms with Crippen LogP contribution in [0.2, 0.25) is 0 Å². The van der Waals surface area contributed by atoms with Crippen molar-refractivity contribution in [3.05, 3.63) is 59.7 Å². The maximum absolute atomic E-state index is 12.2. The van der Waals surface area contributed by atoms with Gasteiger partial charge in [-0.2, -0.15) is 0 Å². The van der Waals surface area contributed by atoms with Crippen molar-refractivity contribution in [1.29, 1.82) is 0 Å². The van der Waals surface area contributed by atoms with Crippen molar-refractivity contribution in [2.24, 2.45) is 16.5 Å². The number of carbonyl (C=O) groups excluding carboxylic acids is 2. The molecule has 0 aromatic heterocycles. The van der Waals surface area contributed by atoms with Crippen LogP contribution in [-0.2, 0) is 20.7 Å². The van der Waals surface area contributed by atoms with Crippen molar-refractivity contribution in [2.45, 2.75) is 18.9 Å². The van der Waals surface area contributed by atoms with E-state index in [9.17, 15) is 19.2 Å². The molecule has 12 heteroatoms. The highest BCUT2D eigenvalue weighted by Gasteiger charge is 2.23. The Hall–Kier alpha value is -4.61. The third-order valence-electron chi connectivity index (χ3n) is 4.09. The van der Waals surface area contributed by atoms with Crippen LogP contribution >= 0.6 is 0 Å². The van der Waals surface area contributed by atoms with Crippen LogP contribution in [0.25, 0.3) is 0 Å². The van der Waals surface area contributed by atoms with E-state index in [1.807, 2.05) is 5.32 Å². The van der Waals surface area contributed by atoms with Crippen molar-refractivity contribution < 1.29 is 38.9 Å². The highest BCUT2D eigenvalue weighted by Crippen LogP contribution is 2.17. The normalized spacial score (nSPS) is 11.0. The van der Waals surface area contributed by atoms with E-state index >= 15 is 0 Å². The van der Waals surface area contributed by atoms with E-state index in [0.29, 0.717) is 23.4 Å². The monoisotopic (exact) mass is 458 g/mol. The van der Waals surface area contributed by atoms with Gasteiger partial charge in [0.2, 0.25) is 0 Å². The van der Waals surface area contributed by atoms with Gasteiger partial charge in [-0.15, -0.1) is 0 Å². The Balaban J connectivity index is 1.82. The molecule has 2 rings (SSSR count). The van der Waals surface area contributed by atoms with Crippen LogP contribution in [0.3, 0.4) is 0 Å². The van der Waals surface area contributed by atoms with Gasteiger partial charge < -0.3 is 36.5 Å². The number of carboxylic acids is 2. The van der Waals surface area contributed by atoms with Gasteiger partial charge in [0.1, 0.15) is 11.8 Å². The molecule has 0 saturated carbocycles. The van der Waals surface area contributed by atoms with Gasteiger partial charge in [-0.1, -0.05) is 12.1 Å². The summed E-state index contributed by atoms with van der Waals surface area (Å²) in [5.41, 5.74) is 12.1. The van der Waals surface area contributed by atoms with Gasteiger partial charge in [0.05, 0.1) is 24.3 Å². The quantitative estimate of drug-likeness (QED) is 0.148. The average Bonchev–Trinajstić information content (AvgIpc) is 2.74. The zero-order chi connectivity index (χ0) is 24.4. The maximum atomic E-state index is 12.2. The standard InChI is InChI=1S/C21H22N4O8/c22-20(23)24-14-5-3-13(4-6-14)19(30)33-15-7-1-12(2-8-15)9-10-32-21(31)25-16(18(28)29)11-17(26)27/h1-8,16H,9-11H2,(H,25,31)(H,26,27)(H,28,29)(H4,22,23,24). The van der Waals surface area contributed by atoms with Crippen LogP contribution < -0.4 is 21.5 Å². The average molecular weight is 458 g/mol. The molecule has 33 heavy (non-hydrogen) atoms. The number of nitrogens with two attached hydrogens (primary N) is 2. The second kappa shape index (κ2) is 11.7. The Kier molecular flexibility index (Phi) is 8.74. The van der Waals surface area contributed by atoms with Crippen molar-refractivity contribution >= 4 is 35.6 Å². The fourth-order valence-electron chi connectivity index (χ4n) is 2.53. The van der Waals surface area contributed by atoms with E-state index in [1.54, 1.807) is 36.4 Å². The molecule has 0 saturated heterocycles. The number of nitrogens with one attached hydrogen (secondary N) is 1. The molecule has 7 N–H and O–H groups in total. The molecule has 0 radical (unpaired) electrons. The Morgan fingerprint density at radius 1 is 0.970 bits per heavy atom. The number of rotatable bonds is 10. The number of guanidine groups is 1. The summed E-state index contributed by atoms with van der Waals surface area (Å²) in [5.74, 6) is -3.23. The second-order valence-electron chi connectivity index (χ2n) is 6.64. The number of hydrogen-bond donors (Lipinski definition) is 5. The molecule has 0 bridgehead atoms. The van der Waals surface area contributed by atoms with E-state index in [2.05, 4.69) is 4.99 Å². The van der Waals surface area contributed by atoms with Gasteiger partial charge in [-0.05, 0) is 42.0 Å². The molecule has 0 aliphatic heterocycles. The Labute approximate surface area is 187 Å². The number of benzene rings is 2. The molecule has 0 aliphatic carbocycles. The SMILES string of the molecule is NC(N)=Nc1ccc(C(=O)Oc2ccc(CCOC(=O)NC(CC(=O)O)C(=O)O)cc2)cc1. The number of aliphatic imine (C=N–C) groups is 1. The number of ether oxygens (including phenoxy) is 2. The Morgan fingerprint density at radius 2 is 1.61 bits per heavy atom. The lowest BCUT2D eigenvalue weighted by Gasteiger charge is -2.12. The summed E-state index contributed by atoms with van der Waals surface area (Å²) in [6.45, 7) is -0.0769. The van der Waals surface area contributed by atoms with Gasteiger partial charge >= 0.3 is 24.0 Å². The summed E-state index contributed by atoms with van der Waals surface area (Å²) in [7, 11) is 0. The summed E-state index contributed by atoms with van der Waals surface area (Å²) >= 11 is 0. The predicted molar refractivity (Wildman–Crippen MR) is 115 cm³/mol. The smallest absolute Gasteiger partial charge is 0.407 e. The minimum Gasteiger partial charge on any atom is -0.481 e. The highest BCUT2D eigenvalue weighted by molar-refractivity contribution is 5.91. The fourth-order valence-corrected chi connectivity index (χ4v) is 2.53. The molecule has 0 heterocycles. The lowest BCUT2D eigenvalue weighted by atomic mass is 10.1. The number of alkyl carbamates (subject to hydrolysis) is 1. The van der Waals surface area contributed by atoms with Crippen LogP contribution in [0.5, 0.6) is 5.75 Å². The number of amides is 1. The summed E-state index contributed by atoms with van der Waals surface area (Å²) in [6, 6.07) is 11.0. The van der Waals surface area contributed by atoms with Crippen molar-refractivity contribution in [1.82, 2.24) is 5.32 Å². The first kappa shape index (κ1) is 24.7. The summed E-state index contributed by atoms with van der Waals surface area (Å²) in [6.07, 6.45) is -1.52. The number of esters is 1. The first-order valence-corrected chi connectivity index (χ1v) is 9.52. The van der Waals surface area contributed by atoms with Gasteiger partial charge in [0.25, 0.3) is 0 Å². The number of aliphatic carboxylic acids is 2. The minimum absolute atomic E-state index is 0.0769. The summed E-state index contributed by atoms with van der Waals surface area (Å²) < 4.78 is 10.2. The molecule has 0 spiro atoms. The number of hydrogen-bond acceptors (Lipinski definition) is 7. The van der Waals surface area contributed by atoms with Crippen molar-refractivity contribution in [3.63, 3.8) is 0 Å². The van der Waals surface area contributed by atoms with Crippen LogP contribution in [-0.4, -0.2) is 52.8 Å². The zero-order valence-electron chi connectivity index (χ0n) is 17.3. The third-order valence-corrected chi connectivity index (χ3v) is 4.09. The highest BCUT2D eigenvalue weighted by atomic mass is 16.5. The van der Waals surface area contributed by atoms with Crippen LogP contribution in [0.15, 0.2) is 53.5 Å². The molecule has 2 aromatic rings. The Morgan fingerprint density at radius 3 is 2.15 bits per heavy atom. The van der Waals surface area contributed by atoms with E-state index in [-0.39, 0.29) is 12.6 Å². The zero-order valence-corrected chi connectivity index (χ0v) is 17.3. The van der Waals surface area contributed by atoms with E-state index < -0.39 is 36.5 Å². The molecular formula is C21H22N4O8. The molecule has 174 valence electrons. The van der Waals surface area contributed by atoms with Crippen LogP contribution in [0, 0.1) is 0 Å². The molecule has 1 atom stereocenters. The molecule has 0 fully saturated rings. The first-order chi connectivity index (χ1) is 15.6. The lowest BCUT2D eigenvalue weighted by molar-refractivity contribution is -0.145. The molecule has 1 unspecified atom stereocenters. The second-order valence-corrected chi connectivity index (χ2v) is 6.64. The van der Waals surface area contributed by atoms with Crippen molar-refractivity contribution in [3.8, 4) is 5.75 Å². The molecule has 1 amide bonds. The molecule has 2 aromatic carbocycles. The van der Waals surface area contributed by atoms with Crippen LogP contribution in [0.4, 0.5) is 10.5 Å². The minimum atomic E-state index is -1.59. The van der Waals surface area contributed by atoms with E-state index in [4.69, 9.17) is 31.2 Å². The lowest BCUT2D eigenvalue weighted by Crippen LogP contribution is -2.42. The largest absolute Gasteiger partial charge is 0.481 e. The molecular weight excluding hydrogens is 436 g/mol. The maximum Gasteiger partial charge on any atom is 0.407 e. The van der Waals surface area contributed by atoms with Gasteiger partial charge in [-0.25, -0.2) is 19.4 Å². The Bertz CT molecular complexity index is 1030. The summed E-state index contributed by atoms with van der Waals surface area (Å²) in [5, 5.41) is 19.5. The van der Waals surface area contributed by atoms with Crippen LogP contribution in [0.1, 0.15) is 22.3 Å². The predicted octanol–water partition coefficient (Wildman–Crippen LogP) is 1.01. The van der Waals surface area contributed by atoms with Crippen molar-refractivity contribution in [2.75, 3.05) is 6.61 Å². The summed E-state index contributed by atoms with van der Waals surface area (Å²) in [4.78, 5) is 49.3. The van der Waals surface area contributed by atoms with E-state index in [0.717, 1.165) is 5.56 Å². The molecule has 12 nitrogen and oxygen atoms in total. The van der Waals surface area contributed by atoms with Gasteiger partial charge in [-0.3, -0.25) is 4.79 Å². The number of nitrogens with zero attached hydrogens (tertiary/aromatic N) is 1. The third kappa shape index (κ3) is 8.57. The fraction of sp³-hybridized carbons (Fsp3) is 0.190.